The van der Waals surface area contributed by atoms with Crippen LogP contribution in [0, 0.1) is 17.3 Å². The lowest BCUT2D eigenvalue weighted by molar-refractivity contribution is -0.0352. The Morgan fingerprint density at radius 3 is 2.40 bits per heavy atom. The first-order valence-corrected chi connectivity index (χ1v) is 13.3. The maximum Gasteiger partial charge on any atom is 0.408 e. The van der Waals surface area contributed by atoms with E-state index in [1.54, 1.807) is 0 Å². The van der Waals surface area contributed by atoms with Gasteiger partial charge in [-0.05, 0) is 90.4 Å². The molecule has 3 aliphatic heterocycles. The highest BCUT2D eigenvalue weighted by Crippen LogP contribution is 2.50. The van der Waals surface area contributed by atoms with Crippen molar-refractivity contribution in [2.45, 2.75) is 65.5 Å². The fraction of sp³-hybridized carbons (Fsp3) is 0.567. The highest BCUT2D eigenvalue weighted by atomic mass is 16.5. The summed E-state index contributed by atoms with van der Waals surface area (Å²) in [7, 11) is 0. The lowest BCUT2D eigenvalue weighted by Crippen LogP contribution is -2.61. The van der Waals surface area contributed by atoms with Crippen LogP contribution in [0.2, 0.25) is 0 Å². The molecule has 5 heteroatoms. The molecule has 5 nitrogen and oxygen atoms in total. The van der Waals surface area contributed by atoms with Gasteiger partial charge in [0.05, 0.1) is 18.7 Å². The zero-order valence-electron chi connectivity index (χ0n) is 21.7. The van der Waals surface area contributed by atoms with Crippen LogP contribution in [0.4, 0.5) is 4.79 Å². The standard InChI is InChI=1S/C30H40N2O3/c1-20(2)19-35-25-8-5-21(6-9-25)23-7-10-26-24(17-23)11-14-30(3,4)28(26)32(29(33)34)27-18-31-15-12-22(27)13-16-31/h5-10,17,20,22,27-28H,11-16,18-19H2,1-4H3,(H,33,34)/t27-,28+/m1/s1. The third-order valence-corrected chi connectivity index (χ3v) is 8.47. The van der Waals surface area contributed by atoms with Crippen LogP contribution in [0.15, 0.2) is 42.5 Å². The number of aryl methyl sites for hydroxylation is 1. The molecule has 3 saturated heterocycles. The topological polar surface area (TPSA) is 53.0 Å². The molecule has 1 N–H and O–H groups in total. The number of fused-ring (bicyclic) bond motifs is 4. The Kier molecular flexibility index (Phi) is 6.56. The molecule has 2 bridgehead atoms. The number of nitrogens with zero attached hydrogens (tertiary/aromatic N) is 2. The summed E-state index contributed by atoms with van der Waals surface area (Å²) in [4.78, 5) is 17.1. The van der Waals surface area contributed by atoms with E-state index in [1.807, 2.05) is 17.0 Å². The molecule has 2 aromatic carbocycles. The van der Waals surface area contributed by atoms with E-state index in [4.69, 9.17) is 4.74 Å². The van der Waals surface area contributed by atoms with Crippen LogP contribution in [-0.2, 0) is 6.42 Å². The van der Waals surface area contributed by atoms with Crippen molar-refractivity contribution in [1.82, 2.24) is 9.80 Å². The second-order valence-electron chi connectivity index (χ2n) is 11.9. The van der Waals surface area contributed by atoms with Gasteiger partial charge in [0.25, 0.3) is 0 Å². The molecule has 6 rings (SSSR count). The minimum absolute atomic E-state index is 0.0864. The monoisotopic (exact) mass is 476 g/mol. The number of benzene rings is 2. The molecule has 0 radical (unpaired) electrons. The smallest absolute Gasteiger partial charge is 0.408 e. The maximum atomic E-state index is 12.8. The summed E-state index contributed by atoms with van der Waals surface area (Å²) in [5.74, 6) is 1.88. The average molecular weight is 477 g/mol. The third-order valence-electron chi connectivity index (χ3n) is 8.47. The zero-order valence-corrected chi connectivity index (χ0v) is 21.7. The Hall–Kier alpha value is -2.53. The van der Waals surface area contributed by atoms with Gasteiger partial charge in [0.1, 0.15) is 5.75 Å². The Labute approximate surface area is 210 Å². The van der Waals surface area contributed by atoms with Crippen molar-refractivity contribution in [3.8, 4) is 16.9 Å². The number of piperidine rings is 3. The second-order valence-corrected chi connectivity index (χ2v) is 11.9. The van der Waals surface area contributed by atoms with E-state index < -0.39 is 6.09 Å². The van der Waals surface area contributed by atoms with Crippen LogP contribution < -0.4 is 4.74 Å². The highest BCUT2D eigenvalue weighted by molar-refractivity contribution is 5.69. The van der Waals surface area contributed by atoms with E-state index in [9.17, 15) is 9.90 Å². The normalized spacial score (nSPS) is 26.9. The summed E-state index contributed by atoms with van der Waals surface area (Å²) >= 11 is 0. The number of hydrogen-bond acceptors (Lipinski definition) is 3. The Balaban J connectivity index is 1.45. The van der Waals surface area contributed by atoms with E-state index in [0.29, 0.717) is 11.8 Å². The van der Waals surface area contributed by atoms with Gasteiger partial charge < -0.3 is 14.7 Å². The van der Waals surface area contributed by atoms with Crippen molar-refractivity contribution in [1.29, 1.82) is 0 Å². The Bertz CT molecular complexity index is 1050. The summed E-state index contributed by atoms with van der Waals surface area (Å²) in [5, 5.41) is 10.5. The van der Waals surface area contributed by atoms with Gasteiger partial charge >= 0.3 is 6.09 Å². The molecule has 0 unspecified atom stereocenters. The van der Waals surface area contributed by atoms with Gasteiger partial charge in [0.2, 0.25) is 0 Å². The molecule has 1 aliphatic carbocycles. The van der Waals surface area contributed by atoms with Crippen molar-refractivity contribution in [2.75, 3.05) is 26.2 Å². The number of ether oxygens (including phenoxy) is 1. The summed E-state index contributed by atoms with van der Waals surface area (Å²) in [6.45, 7) is 12.6. The van der Waals surface area contributed by atoms with Gasteiger partial charge in [0, 0.05) is 6.54 Å². The van der Waals surface area contributed by atoms with Gasteiger partial charge in [-0.3, -0.25) is 4.90 Å². The number of hydrogen-bond donors (Lipinski definition) is 1. The molecule has 0 aromatic heterocycles. The molecular formula is C30H40N2O3. The quantitative estimate of drug-likeness (QED) is 0.519. The summed E-state index contributed by atoms with van der Waals surface area (Å²) in [5.41, 5.74) is 4.73. The first kappa shape index (κ1) is 24.2. The summed E-state index contributed by atoms with van der Waals surface area (Å²) in [6.07, 6.45) is 3.43. The lowest BCUT2D eigenvalue weighted by atomic mass is 9.68. The fourth-order valence-corrected chi connectivity index (χ4v) is 6.51. The van der Waals surface area contributed by atoms with Crippen LogP contribution in [-0.4, -0.2) is 53.3 Å². The van der Waals surface area contributed by atoms with Gasteiger partial charge in [-0.1, -0.05) is 58.0 Å². The van der Waals surface area contributed by atoms with E-state index >= 15 is 0 Å². The number of amides is 1. The van der Waals surface area contributed by atoms with Crippen molar-refractivity contribution < 1.29 is 14.6 Å². The first-order valence-electron chi connectivity index (χ1n) is 13.3. The number of carboxylic acid groups (broad SMARTS) is 1. The average Bonchev–Trinajstić information content (AvgIpc) is 2.85. The molecule has 3 fully saturated rings. The van der Waals surface area contributed by atoms with Crippen molar-refractivity contribution in [3.63, 3.8) is 0 Å². The molecule has 4 aliphatic rings. The van der Waals surface area contributed by atoms with Crippen LogP contribution in [0.3, 0.4) is 0 Å². The zero-order chi connectivity index (χ0) is 24.7. The summed E-state index contributed by atoms with van der Waals surface area (Å²) < 4.78 is 5.85. The predicted octanol–water partition coefficient (Wildman–Crippen LogP) is 6.48. The van der Waals surface area contributed by atoms with Crippen LogP contribution in [0.1, 0.15) is 64.1 Å². The summed E-state index contributed by atoms with van der Waals surface area (Å²) in [6, 6.07) is 15.0. The number of carbonyl (C=O) groups is 1. The van der Waals surface area contributed by atoms with Crippen molar-refractivity contribution >= 4 is 6.09 Å². The largest absolute Gasteiger partial charge is 0.493 e. The van der Waals surface area contributed by atoms with Gasteiger partial charge in [-0.2, -0.15) is 0 Å². The van der Waals surface area contributed by atoms with E-state index in [0.717, 1.165) is 57.7 Å². The second kappa shape index (κ2) is 9.50. The minimum Gasteiger partial charge on any atom is -0.493 e. The Morgan fingerprint density at radius 2 is 1.80 bits per heavy atom. The maximum absolute atomic E-state index is 12.8. The number of rotatable bonds is 6. The fourth-order valence-electron chi connectivity index (χ4n) is 6.51. The molecule has 2 aromatic rings. The lowest BCUT2D eigenvalue weighted by Gasteiger charge is -2.54. The molecule has 0 spiro atoms. The molecule has 188 valence electrons. The molecule has 2 atom stereocenters. The van der Waals surface area contributed by atoms with Crippen LogP contribution in [0.5, 0.6) is 5.75 Å². The first-order chi connectivity index (χ1) is 16.7. The van der Waals surface area contributed by atoms with Gasteiger partial charge in [-0.15, -0.1) is 0 Å². The minimum atomic E-state index is -0.768. The third kappa shape index (κ3) is 4.80. The van der Waals surface area contributed by atoms with Crippen LogP contribution >= 0.6 is 0 Å². The molecule has 1 amide bonds. The Morgan fingerprint density at radius 1 is 1.11 bits per heavy atom. The van der Waals surface area contributed by atoms with E-state index in [1.165, 1.54) is 22.3 Å². The molecule has 3 heterocycles. The van der Waals surface area contributed by atoms with Crippen molar-refractivity contribution in [2.24, 2.45) is 17.3 Å². The van der Waals surface area contributed by atoms with E-state index in [-0.39, 0.29) is 17.5 Å². The predicted molar refractivity (Wildman–Crippen MR) is 140 cm³/mol. The molecular weight excluding hydrogens is 436 g/mol. The van der Waals surface area contributed by atoms with Gasteiger partial charge in [-0.25, -0.2) is 4.79 Å². The molecule has 35 heavy (non-hydrogen) atoms. The van der Waals surface area contributed by atoms with E-state index in [2.05, 4.69) is 62.9 Å². The highest BCUT2D eigenvalue weighted by Gasteiger charge is 2.48. The SMILES string of the molecule is CC(C)COc1ccc(-c2ccc3c(c2)CCC(C)(C)[C@H]3N(C(=O)O)[C@@H]2CN3CCC2CC3)cc1. The van der Waals surface area contributed by atoms with Crippen LogP contribution in [0.25, 0.3) is 11.1 Å². The molecule has 0 saturated carbocycles. The van der Waals surface area contributed by atoms with Gasteiger partial charge in [0.15, 0.2) is 0 Å². The van der Waals surface area contributed by atoms with Crippen molar-refractivity contribution in [3.05, 3.63) is 53.6 Å².